The Morgan fingerprint density at radius 1 is 1.10 bits per heavy atom. The molecule has 2 radical (unpaired) electrons. The summed E-state index contributed by atoms with van der Waals surface area (Å²) in [6, 6.07) is 8.41. The van der Waals surface area contributed by atoms with E-state index in [1.807, 2.05) is 27.7 Å². The molecule has 0 unspecified atom stereocenters. The van der Waals surface area contributed by atoms with Gasteiger partial charge in [0.05, 0.1) is 7.85 Å². The fourth-order valence-electron chi connectivity index (χ4n) is 2.38. The zero-order valence-electron chi connectivity index (χ0n) is 14.8. The molecule has 2 heteroatoms. The summed E-state index contributed by atoms with van der Waals surface area (Å²) in [7, 11) is 6.37. The molecule has 0 bridgehead atoms. The van der Waals surface area contributed by atoms with E-state index in [-0.39, 0.29) is 5.31 Å². The number of para-hydroxylation sites is 1. The number of aromatic amines is 1. The van der Waals surface area contributed by atoms with Gasteiger partial charge in [-0.3, -0.25) is 0 Å². The van der Waals surface area contributed by atoms with Gasteiger partial charge in [-0.2, -0.15) is 0 Å². The monoisotopic (exact) mass is 285 g/mol. The Kier molecular flexibility index (Phi) is 9.95. The number of nitrogens with one attached hydrogen (secondary N) is 1. The molecular weight excluding hydrogens is 253 g/mol. The molecule has 2 aromatic rings. The predicted octanol–water partition coefficient (Wildman–Crippen LogP) is 6.30. The van der Waals surface area contributed by atoms with Crippen LogP contribution in [0.5, 0.6) is 0 Å². The molecule has 0 aliphatic carbocycles. The molecule has 21 heavy (non-hydrogen) atoms. The maximum atomic E-state index is 6.37. The summed E-state index contributed by atoms with van der Waals surface area (Å²) in [5, 5.41) is 1.21. The Hall–Kier alpha value is -1.18. The lowest BCUT2D eigenvalue weighted by molar-refractivity contribution is 0.528. The third kappa shape index (κ3) is 6.41. The fraction of sp³-hybridized carbons (Fsp3) is 0.579. The van der Waals surface area contributed by atoms with Crippen molar-refractivity contribution in [2.45, 2.75) is 72.5 Å². The van der Waals surface area contributed by atoms with E-state index in [0.29, 0.717) is 0 Å². The van der Waals surface area contributed by atoms with Crippen molar-refractivity contribution in [2.75, 3.05) is 0 Å². The molecule has 1 nitrogen and oxygen atoms in total. The third-order valence-corrected chi connectivity index (χ3v) is 3.37. The van der Waals surface area contributed by atoms with Crippen LogP contribution in [0.1, 0.15) is 66.4 Å². The van der Waals surface area contributed by atoms with Gasteiger partial charge in [0.2, 0.25) is 0 Å². The lowest BCUT2D eigenvalue weighted by atomic mass is 9.64. The van der Waals surface area contributed by atoms with Gasteiger partial charge in [0.1, 0.15) is 0 Å². The van der Waals surface area contributed by atoms with Gasteiger partial charge < -0.3 is 4.98 Å². The zero-order chi connectivity index (χ0) is 16.3. The molecule has 116 valence electrons. The number of fused-ring (bicyclic) bond motifs is 1. The second kappa shape index (κ2) is 10.5. The summed E-state index contributed by atoms with van der Waals surface area (Å²) in [4.78, 5) is 3.31. The first-order valence-electron chi connectivity index (χ1n) is 8.46. The molecule has 1 aromatic heterocycles. The van der Waals surface area contributed by atoms with Crippen LogP contribution in [-0.4, -0.2) is 12.8 Å². The molecule has 0 aliphatic rings. The summed E-state index contributed by atoms with van der Waals surface area (Å²) in [5.74, 6) is 0. The summed E-state index contributed by atoms with van der Waals surface area (Å²) < 4.78 is 0. The largest absolute Gasteiger partial charge is 0.361 e. The smallest absolute Gasteiger partial charge is 0.0747 e. The zero-order valence-corrected chi connectivity index (χ0v) is 14.8. The highest BCUT2D eigenvalue weighted by Crippen LogP contribution is 2.34. The van der Waals surface area contributed by atoms with Crippen LogP contribution in [0.3, 0.4) is 0 Å². The molecule has 1 atom stereocenters. The lowest BCUT2D eigenvalue weighted by Crippen LogP contribution is -2.11. The van der Waals surface area contributed by atoms with Gasteiger partial charge in [0.15, 0.2) is 0 Å². The molecule has 0 amide bonds. The highest BCUT2D eigenvalue weighted by molar-refractivity contribution is 6.15. The van der Waals surface area contributed by atoms with Crippen LogP contribution in [0.25, 0.3) is 10.9 Å². The Morgan fingerprint density at radius 2 is 1.71 bits per heavy atom. The third-order valence-electron chi connectivity index (χ3n) is 3.37. The van der Waals surface area contributed by atoms with Crippen molar-refractivity contribution in [1.29, 1.82) is 0 Å². The number of unbranched alkanes of at least 4 members (excludes halogenated alkanes) is 1. The van der Waals surface area contributed by atoms with E-state index in [1.165, 1.54) is 29.3 Å². The van der Waals surface area contributed by atoms with Crippen molar-refractivity contribution in [2.24, 2.45) is 0 Å². The summed E-state index contributed by atoms with van der Waals surface area (Å²) in [6.07, 6.45) is 6.54. The van der Waals surface area contributed by atoms with Crippen LogP contribution in [0.4, 0.5) is 0 Å². The van der Waals surface area contributed by atoms with Gasteiger partial charge in [0.25, 0.3) is 0 Å². The number of rotatable bonds is 5. The number of hydrogen-bond acceptors (Lipinski definition) is 0. The average Bonchev–Trinajstić information content (AvgIpc) is 2.92. The lowest BCUT2D eigenvalue weighted by Gasteiger charge is -2.24. The Morgan fingerprint density at radius 3 is 2.33 bits per heavy atom. The van der Waals surface area contributed by atoms with Crippen LogP contribution in [0, 0.1) is 0 Å². The van der Waals surface area contributed by atoms with Crippen molar-refractivity contribution in [3.8, 4) is 0 Å². The van der Waals surface area contributed by atoms with Crippen LogP contribution in [0.2, 0.25) is 5.31 Å². The van der Waals surface area contributed by atoms with Crippen molar-refractivity contribution in [1.82, 2.24) is 4.98 Å². The van der Waals surface area contributed by atoms with E-state index < -0.39 is 0 Å². The van der Waals surface area contributed by atoms with Gasteiger partial charge in [-0.05, 0) is 18.1 Å². The molecule has 0 fully saturated rings. The van der Waals surface area contributed by atoms with Gasteiger partial charge >= 0.3 is 0 Å². The summed E-state index contributed by atoms with van der Waals surface area (Å²) >= 11 is 0. The SMILES string of the molecule is CC.CC.[B][C@@](C)(CCCC)Cc1c[nH]c2ccccc12. The van der Waals surface area contributed by atoms with Crippen molar-refractivity contribution in [3.05, 3.63) is 36.0 Å². The second-order valence-electron chi connectivity index (χ2n) is 5.29. The fourth-order valence-corrected chi connectivity index (χ4v) is 2.38. The van der Waals surface area contributed by atoms with Gasteiger partial charge in [0, 0.05) is 17.1 Å². The van der Waals surface area contributed by atoms with Crippen LogP contribution in [-0.2, 0) is 6.42 Å². The van der Waals surface area contributed by atoms with E-state index in [2.05, 4.69) is 49.3 Å². The average molecular weight is 285 g/mol. The maximum absolute atomic E-state index is 6.37. The van der Waals surface area contributed by atoms with E-state index in [4.69, 9.17) is 7.85 Å². The topological polar surface area (TPSA) is 15.8 Å². The Bertz CT molecular complexity index is 485. The predicted molar refractivity (Wildman–Crippen MR) is 98.3 cm³/mol. The molecule has 0 saturated heterocycles. The highest BCUT2D eigenvalue weighted by Gasteiger charge is 2.18. The molecule has 1 N–H and O–H groups in total. The molecule has 0 aliphatic heterocycles. The maximum Gasteiger partial charge on any atom is 0.0747 e. The molecule has 1 aromatic carbocycles. The second-order valence-corrected chi connectivity index (χ2v) is 5.29. The van der Waals surface area contributed by atoms with E-state index in [1.54, 1.807) is 0 Å². The molecule has 0 spiro atoms. The highest BCUT2D eigenvalue weighted by atomic mass is 14.7. The van der Waals surface area contributed by atoms with Crippen LogP contribution in [0.15, 0.2) is 30.5 Å². The summed E-state index contributed by atoms with van der Waals surface area (Å²) in [5.41, 5.74) is 2.54. The van der Waals surface area contributed by atoms with Crippen molar-refractivity contribution >= 4 is 18.7 Å². The van der Waals surface area contributed by atoms with Crippen molar-refractivity contribution < 1.29 is 0 Å². The first kappa shape index (κ1) is 19.8. The molecule has 1 heterocycles. The van der Waals surface area contributed by atoms with E-state index in [0.717, 1.165) is 12.8 Å². The quantitative estimate of drug-likeness (QED) is 0.620. The standard InChI is InChI=1S/C15H20BN.2C2H6/c1-3-4-9-15(2,16)10-12-11-17-14-8-6-5-7-13(12)14;2*1-2/h5-8,11,17H,3-4,9-10H2,1-2H3;2*1-2H3/t15-;;/m0../s1. The molecule has 2 rings (SSSR count). The minimum atomic E-state index is -0.0963. The number of aromatic nitrogens is 1. The van der Waals surface area contributed by atoms with E-state index in [9.17, 15) is 0 Å². The van der Waals surface area contributed by atoms with Gasteiger partial charge in [-0.1, -0.05) is 84.3 Å². The Balaban J connectivity index is 0.000000921. The van der Waals surface area contributed by atoms with E-state index >= 15 is 0 Å². The number of benzene rings is 1. The van der Waals surface area contributed by atoms with Crippen LogP contribution >= 0.6 is 0 Å². The van der Waals surface area contributed by atoms with Gasteiger partial charge in [-0.25, -0.2) is 0 Å². The van der Waals surface area contributed by atoms with Crippen molar-refractivity contribution in [3.63, 3.8) is 0 Å². The first-order valence-corrected chi connectivity index (χ1v) is 8.46. The first-order chi connectivity index (χ1) is 10.1. The minimum Gasteiger partial charge on any atom is -0.361 e. The molecule has 0 saturated carbocycles. The Labute approximate surface area is 133 Å². The molecular formula is C19H32BN. The van der Waals surface area contributed by atoms with Crippen LogP contribution < -0.4 is 0 Å². The van der Waals surface area contributed by atoms with Gasteiger partial charge in [-0.15, -0.1) is 0 Å². The minimum absolute atomic E-state index is 0.0963. The number of H-pyrrole nitrogens is 1. The normalized spacial score (nSPS) is 12.7. The number of hydrogen-bond donors (Lipinski definition) is 1. The summed E-state index contributed by atoms with van der Waals surface area (Å²) in [6.45, 7) is 12.4.